The van der Waals surface area contributed by atoms with Crippen LogP contribution in [0.2, 0.25) is 0 Å². The van der Waals surface area contributed by atoms with E-state index in [1.165, 1.54) is 33.5 Å². The maximum Gasteiger partial charge on any atom is 0.283 e. The standard InChI is InChI=1S/C38H46F4N4O2P2.C2H6/c39-31-9-4-8-27(24-31)36(47)45-13-5-10-32(11-14-45)43-16-18-44(19-17-43)33-12-15-46(34(25-33)20-26-6-2-1-3-7-26)37(48)29-21-28(35(40)49)22-30(23-29)38(41,42)50;1-2/h1-4,6-9,21-24,32-35H,5,10-20,25,49-50H2;1-2H3. The molecule has 0 aliphatic carbocycles. The lowest BCUT2D eigenvalue weighted by Gasteiger charge is -2.47. The van der Waals surface area contributed by atoms with Gasteiger partial charge in [0.15, 0.2) is 0 Å². The van der Waals surface area contributed by atoms with Crippen LogP contribution >= 0.6 is 18.5 Å². The van der Waals surface area contributed by atoms with E-state index >= 15 is 0 Å². The predicted octanol–water partition coefficient (Wildman–Crippen LogP) is 8.15. The number of piperidine rings is 1. The Morgan fingerprint density at radius 3 is 2.12 bits per heavy atom. The highest BCUT2D eigenvalue weighted by Gasteiger charge is 2.37. The maximum atomic E-state index is 14.4. The number of benzene rings is 3. The lowest BCUT2D eigenvalue weighted by Crippen LogP contribution is -2.58. The van der Waals surface area contributed by atoms with E-state index in [1.54, 1.807) is 12.1 Å². The molecule has 3 aromatic carbocycles. The maximum absolute atomic E-state index is 14.4. The van der Waals surface area contributed by atoms with Crippen LogP contribution in [-0.4, -0.2) is 95.4 Å². The van der Waals surface area contributed by atoms with Gasteiger partial charge in [0.1, 0.15) is 11.7 Å². The van der Waals surface area contributed by atoms with Crippen LogP contribution in [0.3, 0.4) is 0 Å². The number of amides is 2. The Morgan fingerprint density at radius 1 is 0.788 bits per heavy atom. The molecule has 0 bridgehead atoms. The second-order valence-electron chi connectivity index (χ2n) is 13.8. The Balaban J connectivity index is 0.00000257. The van der Waals surface area contributed by atoms with Crippen molar-refractivity contribution in [3.8, 4) is 0 Å². The first-order chi connectivity index (χ1) is 25.0. The van der Waals surface area contributed by atoms with Gasteiger partial charge in [-0.1, -0.05) is 68.7 Å². The summed E-state index contributed by atoms with van der Waals surface area (Å²) in [5.74, 6) is -2.44. The van der Waals surface area contributed by atoms with Crippen LogP contribution in [0.4, 0.5) is 17.6 Å². The van der Waals surface area contributed by atoms with Crippen LogP contribution in [0.25, 0.3) is 0 Å². The minimum absolute atomic E-state index is 0.0323. The van der Waals surface area contributed by atoms with Gasteiger partial charge in [-0.05, 0) is 86.1 Å². The van der Waals surface area contributed by atoms with Crippen molar-refractivity contribution < 1.29 is 27.2 Å². The van der Waals surface area contributed by atoms with E-state index in [4.69, 9.17) is 0 Å². The summed E-state index contributed by atoms with van der Waals surface area (Å²) >= 11 is 0. The molecule has 2 amide bonds. The van der Waals surface area contributed by atoms with Gasteiger partial charge in [-0.2, -0.15) is 8.78 Å². The van der Waals surface area contributed by atoms with Crippen LogP contribution in [0.5, 0.6) is 0 Å². The monoisotopic (exact) mass is 758 g/mol. The number of carbonyl (C=O) groups excluding carboxylic acids is 2. The van der Waals surface area contributed by atoms with Crippen LogP contribution < -0.4 is 0 Å². The number of carbonyl (C=O) groups is 2. The lowest BCUT2D eigenvalue weighted by atomic mass is 9.90. The highest BCUT2D eigenvalue weighted by Crippen LogP contribution is 2.39. The zero-order valence-electron chi connectivity index (χ0n) is 30.2. The van der Waals surface area contributed by atoms with Crippen molar-refractivity contribution in [2.24, 2.45) is 0 Å². The number of hydrogen-bond acceptors (Lipinski definition) is 4. The molecule has 282 valence electrons. The van der Waals surface area contributed by atoms with Crippen LogP contribution in [0.1, 0.15) is 89.3 Å². The number of rotatable bonds is 8. The van der Waals surface area contributed by atoms with Crippen LogP contribution in [0.15, 0.2) is 72.8 Å². The molecule has 0 aromatic heterocycles. The molecule has 52 heavy (non-hydrogen) atoms. The van der Waals surface area contributed by atoms with Gasteiger partial charge in [-0.25, -0.2) is 8.78 Å². The first-order valence-electron chi connectivity index (χ1n) is 18.6. The zero-order valence-corrected chi connectivity index (χ0v) is 32.5. The molecule has 3 aliphatic rings. The van der Waals surface area contributed by atoms with Gasteiger partial charge in [-0.15, -0.1) is 0 Å². The third-order valence-electron chi connectivity index (χ3n) is 10.6. The van der Waals surface area contributed by atoms with Gasteiger partial charge in [0, 0.05) is 80.6 Å². The van der Waals surface area contributed by atoms with Gasteiger partial charge < -0.3 is 9.80 Å². The molecular formula is C40H52F4N4O2P2. The third-order valence-corrected chi connectivity index (χ3v) is 11.3. The molecule has 12 heteroatoms. The van der Waals surface area contributed by atoms with Gasteiger partial charge >= 0.3 is 0 Å². The Hall–Kier alpha value is -2.90. The fourth-order valence-corrected chi connectivity index (χ4v) is 8.28. The SMILES string of the molecule is CC.O=C(c1cccc(F)c1)N1CCCC(N2CCN(C3CCN(C(=O)c4cc(C(F)P)cc(C(F)(F)P)c4)C(Cc4ccccc4)C3)CC2)CC1. The summed E-state index contributed by atoms with van der Waals surface area (Å²) in [6, 6.07) is 20.1. The Labute approximate surface area is 310 Å². The normalized spacial score (nSPS) is 22.6. The molecular weight excluding hydrogens is 706 g/mol. The fourth-order valence-electron chi connectivity index (χ4n) is 7.92. The molecule has 0 N–H and O–H groups in total. The highest BCUT2D eigenvalue weighted by molar-refractivity contribution is 7.17. The van der Waals surface area contributed by atoms with E-state index in [0.29, 0.717) is 37.7 Å². The number of likely N-dealkylation sites (tertiary alicyclic amines) is 2. The molecule has 3 aliphatic heterocycles. The molecule has 6 unspecified atom stereocenters. The van der Waals surface area contributed by atoms with E-state index in [9.17, 15) is 27.2 Å². The van der Waals surface area contributed by atoms with Gasteiger partial charge in [-0.3, -0.25) is 19.4 Å². The predicted molar refractivity (Wildman–Crippen MR) is 206 cm³/mol. The second kappa shape index (κ2) is 18.4. The zero-order chi connectivity index (χ0) is 37.4. The third kappa shape index (κ3) is 10.2. The van der Waals surface area contributed by atoms with Crippen molar-refractivity contribution in [3.05, 3.63) is 106 Å². The van der Waals surface area contributed by atoms with Crippen molar-refractivity contribution in [2.75, 3.05) is 45.8 Å². The van der Waals surface area contributed by atoms with Crippen molar-refractivity contribution in [3.63, 3.8) is 0 Å². The van der Waals surface area contributed by atoms with Crippen molar-refractivity contribution in [2.45, 2.75) is 82.1 Å². The summed E-state index contributed by atoms with van der Waals surface area (Å²) < 4.78 is 56.8. The first-order valence-corrected chi connectivity index (χ1v) is 19.8. The molecule has 6 atom stereocenters. The average molecular weight is 759 g/mol. The molecule has 3 aromatic rings. The van der Waals surface area contributed by atoms with Crippen molar-refractivity contribution in [1.82, 2.24) is 19.6 Å². The highest BCUT2D eigenvalue weighted by atomic mass is 31.0. The summed E-state index contributed by atoms with van der Waals surface area (Å²) in [7, 11) is 3.47. The van der Waals surface area contributed by atoms with Crippen LogP contribution in [0, 0.1) is 5.82 Å². The average Bonchev–Trinajstić information content (AvgIpc) is 3.41. The Bertz CT molecular complexity index is 1640. The molecule has 3 saturated heterocycles. The number of piperazine rings is 1. The summed E-state index contributed by atoms with van der Waals surface area (Å²) in [6.45, 7) is 9.45. The number of alkyl halides is 3. The molecule has 3 fully saturated rings. The van der Waals surface area contributed by atoms with Gasteiger partial charge in [0.25, 0.3) is 17.5 Å². The topological polar surface area (TPSA) is 47.1 Å². The summed E-state index contributed by atoms with van der Waals surface area (Å²) in [4.78, 5) is 35.8. The van der Waals surface area contributed by atoms with Crippen LogP contribution in [-0.2, 0) is 12.1 Å². The number of hydrogen-bond donors (Lipinski definition) is 0. The number of halogens is 4. The Kier molecular flexibility index (Phi) is 14.3. The Morgan fingerprint density at radius 2 is 1.46 bits per heavy atom. The van der Waals surface area contributed by atoms with Crippen molar-refractivity contribution in [1.29, 1.82) is 0 Å². The van der Waals surface area contributed by atoms with E-state index in [2.05, 4.69) is 9.80 Å². The van der Waals surface area contributed by atoms with E-state index in [-0.39, 0.29) is 35.0 Å². The van der Waals surface area contributed by atoms with Gasteiger partial charge in [0.2, 0.25) is 0 Å². The second-order valence-corrected chi connectivity index (χ2v) is 15.2. The molecule has 3 heterocycles. The molecule has 6 nitrogen and oxygen atoms in total. The fraction of sp³-hybridized carbons (Fsp3) is 0.500. The molecule has 0 radical (unpaired) electrons. The minimum atomic E-state index is -3.29. The largest absolute Gasteiger partial charge is 0.339 e. The summed E-state index contributed by atoms with van der Waals surface area (Å²) in [5, 5.41) is 0. The van der Waals surface area contributed by atoms with Gasteiger partial charge in [0.05, 0.1) is 0 Å². The summed E-state index contributed by atoms with van der Waals surface area (Å²) in [5.41, 5.74) is -2.10. The van der Waals surface area contributed by atoms with E-state index in [1.807, 2.05) is 63.2 Å². The minimum Gasteiger partial charge on any atom is -0.339 e. The lowest BCUT2D eigenvalue weighted by molar-refractivity contribution is 0.0200. The first kappa shape index (κ1) is 40.3. The summed E-state index contributed by atoms with van der Waals surface area (Å²) in [6.07, 6.45) is 4.95. The van der Waals surface area contributed by atoms with Crippen molar-refractivity contribution >= 4 is 30.3 Å². The van der Waals surface area contributed by atoms with E-state index < -0.39 is 23.0 Å². The molecule has 6 rings (SSSR count). The molecule has 0 saturated carbocycles. The molecule has 0 spiro atoms. The quantitative estimate of drug-likeness (QED) is 0.172. The van der Waals surface area contributed by atoms with E-state index in [0.717, 1.165) is 69.9 Å². The number of nitrogens with zero attached hydrogens (tertiary/aromatic N) is 4. The smallest absolute Gasteiger partial charge is 0.283 e.